The first-order valence-electron chi connectivity index (χ1n) is 4.81. The molecule has 0 amide bonds. The molecule has 3 heteroatoms. The van der Waals surface area contributed by atoms with Crippen LogP contribution in [0.5, 0.6) is 5.75 Å². The van der Waals surface area contributed by atoms with E-state index in [1.54, 1.807) is 0 Å². The summed E-state index contributed by atoms with van der Waals surface area (Å²) in [6, 6.07) is 7.85. The highest BCUT2D eigenvalue weighted by atomic mass is 16.5. The predicted octanol–water partition coefficient (Wildman–Crippen LogP) is 0.572. The number of fused-ring (bicyclic) bond motifs is 1. The number of benzene rings is 1. The molecular formula is C11H15NO2. The first kappa shape index (κ1) is 9.49. The lowest BCUT2D eigenvalue weighted by Gasteiger charge is -2.33. The van der Waals surface area contributed by atoms with E-state index in [4.69, 9.17) is 4.74 Å². The Hall–Kier alpha value is -1.06. The van der Waals surface area contributed by atoms with E-state index in [0.29, 0.717) is 19.6 Å². The first-order valence-corrected chi connectivity index (χ1v) is 4.81. The molecule has 0 radical (unpaired) electrons. The average Bonchev–Trinajstić information content (AvgIpc) is 2.17. The van der Waals surface area contributed by atoms with Crippen LogP contribution in [0.1, 0.15) is 5.56 Å². The summed E-state index contributed by atoms with van der Waals surface area (Å²) in [4.78, 5) is 0. The normalized spacial score (nSPS) is 25.3. The predicted molar refractivity (Wildman–Crippen MR) is 54.5 cm³/mol. The van der Waals surface area contributed by atoms with Crippen molar-refractivity contribution < 1.29 is 9.84 Å². The lowest BCUT2D eigenvalue weighted by Crippen LogP contribution is -2.48. The van der Waals surface area contributed by atoms with Crippen LogP contribution in [0.4, 0.5) is 0 Å². The van der Waals surface area contributed by atoms with Gasteiger partial charge in [-0.25, -0.2) is 0 Å². The van der Waals surface area contributed by atoms with Gasteiger partial charge in [0.25, 0.3) is 0 Å². The van der Waals surface area contributed by atoms with Gasteiger partial charge in [-0.05, 0) is 18.7 Å². The summed E-state index contributed by atoms with van der Waals surface area (Å²) < 4.78 is 5.50. The molecule has 0 saturated heterocycles. The topological polar surface area (TPSA) is 41.5 Å². The van der Waals surface area contributed by atoms with Crippen molar-refractivity contribution in [2.24, 2.45) is 0 Å². The molecule has 2 N–H and O–H groups in total. The fraction of sp³-hybridized carbons (Fsp3) is 0.455. The number of para-hydroxylation sites is 1. The maximum absolute atomic E-state index is 10.1. The van der Waals surface area contributed by atoms with Crippen LogP contribution in [0.2, 0.25) is 0 Å². The van der Waals surface area contributed by atoms with Gasteiger partial charge >= 0.3 is 0 Å². The van der Waals surface area contributed by atoms with Crippen LogP contribution in [0.3, 0.4) is 0 Å². The number of likely N-dealkylation sites (N-methyl/N-ethyl adjacent to an activating group) is 1. The molecule has 0 spiro atoms. The zero-order valence-electron chi connectivity index (χ0n) is 8.29. The van der Waals surface area contributed by atoms with E-state index in [1.165, 1.54) is 0 Å². The Morgan fingerprint density at radius 2 is 2.29 bits per heavy atom. The van der Waals surface area contributed by atoms with E-state index in [1.807, 2.05) is 31.3 Å². The van der Waals surface area contributed by atoms with Crippen LogP contribution in [0.25, 0.3) is 0 Å². The lowest BCUT2D eigenvalue weighted by atomic mass is 9.92. The minimum atomic E-state index is -0.761. The number of rotatable bonds is 2. The summed E-state index contributed by atoms with van der Waals surface area (Å²) in [5.41, 5.74) is 0.319. The molecular weight excluding hydrogens is 178 g/mol. The molecule has 0 unspecified atom stereocenters. The van der Waals surface area contributed by atoms with Crippen molar-refractivity contribution in [1.82, 2.24) is 5.32 Å². The Morgan fingerprint density at radius 3 is 3.07 bits per heavy atom. The minimum absolute atomic E-state index is 0.366. The van der Waals surface area contributed by atoms with E-state index in [9.17, 15) is 5.11 Å². The number of ether oxygens (including phenoxy) is 1. The number of hydrogen-bond acceptors (Lipinski definition) is 3. The third kappa shape index (κ3) is 1.74. The van der Waals surface area contributed by atoms with Crippen LogP contribution in [0.15, 0.2) is 24.3 Å². The molecule has 1 aliphatic heterocycles. The first-order chi connectivity index (χ1) is 6.73. The number of hydrogen-bond donors (Lipinski definition) is 2. The maximum atomic E-state index is 10.1. The number of nitrogens with one attached hydrogen (secondary N) is 1. The molecule has 0 bridgehead atoms. The second-order valence-electron chi connectivity index (χ2n) is 3.83. The highest BCUT2D eigenvalue weighted by Crippen LogP contribution is 2.28. The van der Waals surface area contributed by atoms with Gasteiger partial charge in [-0.1, -0.05) is 18.2 Å². The Morgan fingerprint density at radius 1 is 1.50 bits per heavy atom. The molecule has 14 heavy (non-hydrogen) atoms. The summed E-state index contributed by atoms with van der Waals surface area (Å²) in [7, 11) is 1.83. The van der Waals surface area contributed by atoms with E-state index < -0.39 is 5.60 Å². The standard InChI is InChI=1S/C11H15NO2/c1-12-7-11(13)6-9-4-2-3-5-10(9)14-8-11/h2-5,12-13H,6-8H2,1H3/t11-/m0/s1. The van der Waals surface area contributed by atoms with E-state index in [2.05, 4.69) is 5.32 Å². The van der Waals surface area contributed by atoms with Crippen molar-refractivity contribution in [3.8, 4) is 5.75 Å². The quantitative estimate of drug-likeness (QED) is 0.721. The molecule has 3 nitrogen and oxygen atoms in total. The Balaban J connectivity index is 2.20. The van der Waals surface area contributed by atoms with E-state index >= 15 is 0 Å². The highest BCUT2D eigenvalue weighted by molar-refractivity contribution is 5.36. The summed E-state index contributed by atoms with van der Waals surface area (Å²) in [6.07, 6.45) is 0.657. The SMILES string of the molecule is CNC[C@]1(O)COc2ccccc2C1. The van der Waals surface area contributed by atoms with Gasteiger partial charge in [-0.3, -0.25) is 0 Å². The zero-order valence-corrected chi connectivity index (χ0v) is 8.29. The fourth-order valence-electron chi connectivity index (χ4n) is 1.85. The second kappa shape index (κ2) is 3.59. The van der Waals surface area contributed by atoms with Crippen molar-refractivity contribution in [1.29, 1.82) is 0 Å². The maximum Gasteiger partial charge on any atom is 0.122 e. The molecule has 1 heterocycles. The number of aliphatic hydroxyl groups is 1. The molecule has 1 aromatic carbocycles. The second-order valence-corrected chi connectivity index (χ2v) is 3.83. The van der Waals surface area contributed by atoms with Gasteiger partial charge in [-0.15, -0.1) is 0 Å². The van der Waals surface area contributed by atoms with Crippen molar-refractivity contribution >= 4 is 0 Å². The molecule has 0 aliphatic carbocycles. The summed E-state index contributed by atoms with van der Waals surface area (Å²) in [5.74, 6) is 0.897. The van der Waals surface area contributed by atoms with Gasteiger partial charge in [0, 0.05) is 13.0 Å². The van der Waals surface area contributed by atoms with Crippen molar-refractivity contribution in [2.45, 2.75) is 12.0 Å². The fourth-order valence-corrected chi connectivity index (χ4v) is 1.85. The van der Waals surface area contributed by atoms with Gasteiger partial charge < -0.3 is 15.2 Å². The lowest BCUT2D eigenvalue weighted by molar-refractivity contribution is -0.0143. The van der Waals surface area contributed by atoms with Crippen LogP contribution in [0, 0.1) is 0 Å². The van der Waals surface area contributed by atoms with Gasteiger partial charge in [0.1, 0.15) is 18.0 Å². The average molecular weight is 193 g/mol. The van der Waals surface area contributed by atoms with Gasteiger partial charge in [0.2, 0.25) is 0 Å². The smallest absolute Gasteiger partial charge is 0.122 e. The van der Waals surface area contributed by atoms with Crippen LogP contribution >= 0.6 is 0 Å². The van der Waals surface area contributed by atoms with Gasteiger partial charge in [0.05, 0.1) is 0 Å². The minimum Gasteiger partial charge on any atom is -0.490 e. The molecule has 2 rings (SSSR count). The zero-order chi connectivity index (χ0) is 10.0. The molecule has 76 valence electrons. The molecule has 0 saturated carbocycles. The van der Waals surface area contributed by atoms with Crippen LogP contribution in [-0.4, -0.2) is 30.9 Å². The van der Waals surface area contributed by atoms with Crippen LogP contribution in [-0.2, 0) is 6.42 Å². The largest absolute Gasteiger partial charge is 0.490 e. The summed E-state index contributed by atoms with van der Waals surface area (Å²) in [5, 5.41) is 13.1. The third-order valence-corrected chi connectivity index (χ3v) is 2.49. The third-order valence-electron chi connectivity index (χ3n) is 2.49. The van der Waals surface area contributed by atoms with Gasteiger partial charge in [-0.2, -0.15) is 0 Å². The Bertz CT molecular complexity index is 327. The highest BCUT2D eigenvalue weighted by Gasteiger charge is 2.32. The Kier molecular flexibility index (Phi) is 2.44. The Labute approximate surface area is 83.7 Å². The monoisotopic (exact) mass is 193 g/mol. The molecule has 1 atom stereocenters. The molecule has 0 aromatic heterocycles. The van der Waals surface area contributed by atoms with Crippen LogP contribution < -0.4 is 10.1 Å². The van der Waals surface area contributed by atoms with Crippen molar-refractivity contribution in [3.63, 3.8) is 0 Å². The van der Waals surface area contributed by atoms with E-state index in [0.717, 1.165) is 11.3 Å². The molecule has 1 aliphatic rings. The summed E-state index contributed by atoms with van der Waals surface area (Å²) in [6.45, 7) is 0.923. The van der Waals surface area contributed by atoms with Gasteiger partial charge in [0.15, 0.2) is 0 Å². The van der Waals surface area contributed by atoms with E-state index in [-0.39, 0.29) is 0 Å². The van der Waals surface area contributed by atoms with Crippen molar-refractivity contribution in [3.05, 3.63) is 29.8 Å². The molecule has 0 fully saturated rings. The van der Waals surface area contributed by atoms with Crippen molar-refractivity contribution in [2.75, 3.05) is 20.2 Å². The summed E-state index contributed by atoms with van der Waals surface area (Å²) >= 11 is 0. The molecule has 1 aromatic rings.